The number of fused-ring (bicyclic) bond motifs is 1. The van der Waals surface area contributed by atoms with Gasteiger partial charge in [-0.2, -0.15) is 5.10 Å². The van der Waals surface area contributed by atoms with E-state index in [0.717, 1.165) is 23.5 Å². The first-order chi connectivity index (χ1) is 14.0. The second-order valence-corrected chi connectivity index (χ2v) is 7.49. The van der Waals surface area contributed by atoms with Crippen LogP contribution >= 0.6 is 0 Å². The molecule has 0 saturated heterocycles. The number of H-pyrrole nitrogens is 1. The normalized spacial score (nSPS) is 13.6. The van der Waals surface area contributed by atoms with Gasteiger partial charge in [0.1, 0.15) is 0 Å². The van der Waals surface area contributed by atoms with Crippen LogP contribution in [0.5, 0.6) is 0 Å². The Morgan fingerprint density at radius 2 is 2.17 bits per heavy atom. The van der Waals surface area contributed by atoms with Gasteiger partial charge in [0.15, 0.2) is 12.1 Å². The average Bonchev–Trinajstić information content (AvgIpc) is 3.45. The molecule has 0 unspecified atom stereocenters. The number of aromatic amines is 1. The number of hydrogen-bond donors (Lipinski definition) is 2. The summed E-state index contributed by atoms with van der Waals surface area (Å²) in [5.74, 6) is 0.213. The number of imidazole rings is 1. The fourth-order valence-corrected chi connectivity index (χ4v) is 3.46. The number of amides is 2. The molecule has 4 heterocycles. The molecule has 0 radical (unpaired) electrons. The summed E-state index contributed by atoms with van der Waals surface area (Å²) in [7, 11) is 0. The third-order valence-corrected chi connectivity index (χ3v) is 4.87. The van der Waals surface area contributed by atoms with Gasteiger partial charge in [0.2, 0.25) is 5.76 Å². The third kappa shape index (κ3) is 3.91. The second-order valence-electron chi connectivity index (χ2n) is 7.49. The zero-order valence-corrected chi connectivity index (χ0v) is 16.4. The highest BCUT2D eigenvalue weighted by Crippen LogP contribution is 2.21. The van der Waals surface area contributed by atoms with Crippen LogP contribution in [-0.4, -0.2) is 48.0 Å². The predicted octanol–water partition coefficient (Wildman–Crippen LogP) is 1.38. The molecule has 4 rings (SSSR count). The van der Waals surface area contributed by atoms with E-state index in [2.05, 4.69) is 39.3 Å². The molecule has 3 aromatic heterocycles. The summed E-state index contributed by atoms with van der Waals surface area (Å²) in [5.41, 5.74) is 2.93. The van der Waals surface area contributed by atoms with Crippen LogP contribution < -0.4 is 5.32 Å². The van der Waals surface area contributed by atoms with Crippen molar-refractivity contribution in [3.63, 3.8) is 0 Å². The van der Waals surface area contributed by atoms with E-state index < -0.39 is 0 Å². The van der Waals surface area contributed by atoms with Crippen LogP contribution in [0.15, 0.2) is 29.5 Å². The Labute approximate surface area is 167 Å². The van der Waals surface area contributed by atoms with Gasteiger partial charge in [0.05, 0.1) is 37.0 Å². The monoisotopic (exact) mass is 397 g/mol. The highest BCUT2D eigenvalue weighted by molar-refractivity contribution is 5.94. The summed E-state index contributed by atoms with van der Waals surface area (Å²) in [4.78, 5) is 34.7. The minimum atomic E-state index is -0.241. The van der Waals surface area contributed by atoms with Crippen LogP contribution in [0.3, 0.4) is 0 Å². The van der Waals surface area contributed by atoms with Gasteiger partial charge in [-0.15, -0.1) is 0 Å². The van der Waals surface area contributed by atoms with Crippen LogP contribution in [0, 0.1) is 5.92 Å². The molecule has 3 aromatic rings. The summed E-state index contributed by atoms with van der Waals surface area (Å²) in [5, 5.41) is 10.0. The summed E-state index contributed by atoms with van der Waals surface area (Å²) >= 11 is 0. The summed E-state index contributed by atoms with van der Waals surface area (Å²) in [6, 6.07) is 0. The lowest BCUT2D eigenvalue weighted by Crippen LogP contribution is -2.36. The number of carbonyl (C=O) groups excluding carboxylic acids is 2. The zero-order chi connectivity index (χ0) is 20.4. The Kier molecular flexibility index (Phi) is 5.15. The molecule has 0 fully saturated rings. The first-order valence-corrected chi connectivity index (χ1v) is 9.54. The van der Waals surface area contributed by atoms with Crippen molar-refractivity contribution in [2.24, 2.45) is 5.92 Å². The Hall–Kier alpha value is -3.43. The topological polar surface area (TPSA) is 122 Å². The highest BCUT2D eigenvalue weighted by atomic mass is 16.3. The minimum absolute atomic E-state index is 0.198. The van der Waals surface area contributed by atoms with Gasteiger partial charge in [0, 0.05) is 24.8 Å². The van der Waals surface area contributed by atoms with E-state index in [1.807, 2.05) is 4.57 Å². The Morgan fingerprint density at radius 3 is 2.93 bits per heavy atom. The van der Waals surface area contributed by atoms with E-state index >= 15 is 0 Å². The van der Waals surface area contributed by atoms with Crippen LogP contribution in [0.25, 0.3) is 0 Å². The molecule has 0 saturated carbocycles. The van der Waals surface area contributed by atoms with Crippen LogP contribution in [0.2, 0.25) is 0 Å². The molecule has 0 aromatic carbocycles. The van der Waals surface area contributed by atoms with E-state index in [1.54, 1.807) is 17.4 Å². The van der Waals surface area contributed by atoms with E-state index in [0.29, 0.717) is 37.7 Å². The van der Waals surface area contributed by atoms with Gasteiger partial charge < -0.3 is 19.2 Å². The number of aromatic nitrogens is 5. The molecule has 29 heavy (non-hydrogen) atoms. The quantitative estimate of drug-likeness (QED) is 0.648. The molecule has 2 amide bonds. The van der Waals surface area contributed by atoms with Crippen molar-refractivity contribution in [2.75, 3.05) is 6.54 Å². The third-order valence-electron chi connectivity index (χ3n) is 4.87. The van der Waals surface area contributed by atoms with Gasteiger partial charge in [-0.3, -0.25) is 14.7 Å². The van der Waals surface area contributed by atoms with Crippen molar-refractivity contribution in [2.45, 2.75) is 39.9 Å². The molecule has 2 N–H and O–H groups in total. The van der Waals surface area contributed by atoms with E-state index in [1.165, 1.54) is 12.6 Å². The maximum atomic E-state index is 12.7. The van der Waals surface area contributed by atoms with Crippen molar-refractivity contribution < 1.29 is 14.0 Å². The lowest BCUT2D eigenvalue weighted by molar-refractivity contribution is 0.0700. The first-order valence-electron chi connectivity index (χ1n) is 9.54. The number of nitrogens with one attached hydrogen (secondary N) is 2. The van der Waals surface area contributed by atoms with Gasteiger partial charge in [0.25, 0.3) is 11.8 Å². The lowest BCUT2D eigenvalue weighted by Gasteiger charge is -2.25. The largest absolute Gasteiger partial charge is 0.438 e. The van der Waals surface area contributed by atoms with Crippen molar-refractivity contribution in [3.05, 3.63) is 53.5 Å². The van der Waals surface area contributed by atoms with Crippen molar-refractivity contribution >= 4 is 11.8 Å². The van der Waals surface area contributed by atoms with E-state index in [9.17, 15) is 9.59 Å². The lowest BCUT2D eigenvalue weighted by atomic mass is 10.0. The predicted molar refractivity (Wildman–Crippen MR) is 102 cm³/mol. The van der Waals surface area contributed by atoms with Crippen LogP contribution in [0.1, 0.15) is 51.8 Å². The Balaban J connectivity index is 1.41. The highest BCUT2D eigenvalue weighted by Gasteiger charge is 2.29. The standard InChI is InChI=1S/C19H23N7O3/c1-12(2)8-26-10-20-5-13(26)6-22-18(27)17-14-3-4-25(9-15(14)23-24-17)19(28)16-7-21-11-29-16/h5,7,10-12H,3-4,6,8-9H2,1-2H3,(H,22,27)(H,23,24). The van der Waals surface area contributed by atoms with Gasteiger partial charge in [-0.1, -0.05) is 13.8 Å². The fraction of sp³-hybridized carbons (Fsp3) is 0.421. The maximum Gasteiger partial charge on any atom is 0.291 e. The molecule has 152 valence electrons. The summed E-state index contributed by atoms with van der Waals surface area (Å²) in [6.45, 7) is 6.31. The van der Waals surface area contributed by atoms with Gasteiger partial charge in [-0.25, -0.2) is 9.97 Å². The SMILES string of the molecule is CC(C)Cn1cncc1CNC(=O)c1n[nH]c2c1CCN(C(=O)c1cnco1)C2. The molecule has 1 aliphatic rings. The molecule has 0 atom stereocenters. The Bertz CT molecular complexity index is 1000. The molecule has 0 spiro atoms. The fourth-order valence-electron chi connectivity index (χ4n) is 3.46. The molecule has 0 bridgehead atoms. The maximum absolute atomic E-state index is 12.7. The smallest absolute Gasteiger partial charge is 0.291 e. The van der Waals surface area contributed by atoms with Gasteiger partial charge >= 0.3 is 0 Å². The second kappa shape index (κ2) is 7.90. The van der Waals surface area contributed by atoms with Crippen LogP contribution in [0.4, 0.5) is 0 Å². The molecule has 10 nitrogen and oxygen atoms in total. The average molecular weight is 397 g/mol. The molecular formula is C19H23N7O3. The van der Waals surface area contributed by atoms with Gasteiger partial charge in [-0.05, 0) is 12.3 Å². The number of nitrogens with zero attached hydrogens (tertiary/aromatic N) is 5. The molecule has 10 heteroatoms. The van der Waals surface area contributed by atoms with Crippen molar-refractivity contribution in [1.82, 2.24) is 34.9 Å². The van der Waals surface area contributed by atoms with Crippen molar-refractivity contribution in [1.29, 1.82) is 0 Å². The minimum Gasteiger partial charge on any atom is -0.438 e. The first kappa shape index (κ1) is 18.9. The van der Waals surface area contributed by atoms with E-state index in [-0.39, 0.29) is 17.6 Å². The number of carbonyl (C=O) groups is 2. The summed E-state index contributed by atoms with van der Waals surface area (Å²) in [6.07, 6.45) is 6.70. The molecular weight excluding hydrogens is 374 g/mol. The Morgan fingerprint density at radius 1 is 1.31 bits per heavy atom. The van der Waals surface area contributed by atoms with Crippen LogP contribution in [-0.2, 0) is 26.1 Å². The summed E-state index contributed by atoms with van der Waals surface area (Å²) < 4.78 is 7.12. The zero-order valence-electron chi connectivity index (χ0n) is 16.4. The number of oxazole rings is 1. The van der Waals surface area contributed by atoms with E-state index in [4.69, 9.17) is 4.42 Å². The molecule has 0 aliphatic carbocycles. The van der Waals surface area contributed by atoms with Crippen molar-refractivity contribution in [3.8, 4) is 0 Å². The number of rotatable bonds is 6. The number of hydrogen-bond acceptors (Lipinski definition) is 6. The molecule has 1 aliphatic heterocycles.